The maximum absolute atomic E-state index is 12.7. The lowest BCUT2D eigenvalue weighted by Gasteiger charge is -2.15. The molecule has 2 heterocycles. The average molecular weight is 359 g/mol. The van der Waals surface area contributed by atoms with Gasteiger partial charge in [0.2, 0.25) is 0 Å². The van der Waals surface area contributed by atoms with Gasteiger partial charge >= 0.3 is 0 Å². The summed E-state index contributed by atoms with van der Waals surface area (Å²) in [5.74, 6) is -0.107. The largest absolute Gasteiger partial charge is 0.348 e. The highest BCUT2D eigenvalue weighted by Crippen LogP contribution is 2.30. The summed E-state index contributed by atoms with van der Waals surface area (Å²) in [6, 6.07) is 11.0. The first-order chi connectivity index (χ1) is 12.1. The molecule has 1 unspecified atom stereocenters. The number of carbonyl (C=O) groups is 1. The minimum Gasteiger partial charge on any atom is -0.348 e. The molecule has 1 saturated carbocycles. The maximum Gasteiger partial charge on any atom is 0.256 e. The van der Waals surface area contributed by atoms with Crippen LogP contribution in [-0.2, 0) is 6.54 Å². The third kappa shape index (κ3) is 3.58. The molecule has 1 aliphatic heterocycles. The van der Waals surface area contributed by atoms with Crippen molar-refractivity contribution in [3.63, 3.8) is 0 Å². The Morgan fingerprint density at radius 3 is 2.76 bits per heavy atom. The average Bonchev–Trinajstić information content (AvgIpc) is 3.28. The molecule has 1 saturated heterocycles. The minimum absolute atomic E-state index is 0.107. The van der Waals surface area contributed by atoms with Crippen LogP contribution in [-0.4, -0.2) is 45.8 Å². The van der Waals surface area contributed by atoms with Crippen LogP contribution in [0.5, 0.6) is 0 Å². The van der Waals surface area contributed by atoms with Crippen LogP contribution in [0.25, 0.3) is 0 Å². The van der Waals surface area contributed by atoms with Crippen LogP contribution in [0.15, 0.2) is 30.3 Å². The molecule has 1 aromatic carbocycles. The summed E-state index contributed by atoms with van der Waals surface area (Å²) in [6.45, 7) is 4.43. The first-order valence-corrected chi connectivity index (χ1v) is 9.31. The lowest BCUT2D eigenvalue weighted by molar-refractivity contribution is 0.0937. The van der Waals surface area contributed by atoms with E-state index in [1.54, 1.807) is 4.68 Å². The second-order valence-electron chi connectivity index (χ2n) is 7.08. The predicted octanol–water partition coefficient (Wildman–Crippen LogP) is 2.86. The molecule has 132 valence electrons. The molecular formula is C19H23ClN4O. The number of hydrogen-bond donors (Lipinski definition) is 1. The molecule has 1 aromatic heterocycles. The molecule has 1 atom stereocenters. The summed E-state index contributed by atoms with van der Waals surface area (Å²) in [5.41, 5.74) is 2.28. The van der Waals surface area contributed by atoms with Crippen LogP contribution < -0.4 is 5.32 Å². The van der Waals surface area contributed by atoms with Crippen molar-refractivity contribution >= 4 is 17.5 Å². The normalized spacial score (nSPS) is 20.8. The smallest absolute Gasteiger partial charge is 0.256 e. The van der Waals surface area contributed by atoms with E-state index >= 15 is 0 Å². The van der Waals surface area contributed by atoms with E-state index in [0.717, 1.165) is 31.1 Å². The van der Waals surface area contributed by atoms with Crippen molar-refractivity contribution in [3.8, 4) is 0 Å². The fraction of sp³-hybridized carbons (Fsp3) is 0.474. The van der Waals surface area contributed by atoms with Crippen LogP contribution in [0.3, 0.4) is 0 Å². The van der Waals surface area contributed by atoms with Gasteiger partial charge in [0.1, 0.15) is 5.15 Å². The zero-order chi connectivity index (χ0) is 17.4. The number of nitrogens with zero attached hydrogens (tertiary/aromatic N) is 3. The van der Waals surface area contributed by atoms with E-state index in [-0.39, 0.29) is 11.9 Å². The molecular weight excluding hydrogens is 336 g/mol. The van der Waals surface area contributed by atoms with Gasteiger partial charge in [-0.05, 0) is 31.7 Å². The summed E-state index contributed by atoms with van der Waals surface area (Å²) in [6.07, 6.45) is 3.62. The SMILES string of the molecule is Cc1nn(Cc2ccccc2)c(Cl)c1C(=O)NC1CCN(C2CC2)C1. The van der Waals surface area contributed by atoms with Crippen molar-refractivity contribution in [1.82, 2.24) is 20.0 Å². The molecule has 1 aliphatic carbocycles. The first kappa shape index (κ1) is 16.6. The Bertz CT molecular complexity index is 769. The van der Waals surface area contributed by atoms with Gasteiger partial charge in [0, 0.05) is 25.2 Å². The molecule has 1 N–H and O–H groups in total. The van der Waals surface area contributed by atoms with E-state index < -0.39 is 0 Å². The van der Waals surface area contributed by atoms with Gasteiger partial charge in [-0.3, -0.25) is 9.69 Å². The first-order valence-electron chi connectivity index (χ1n) is 8.93. The van der Waals surface area contributed by atoms with Gasteiger partial charge in [-0.15, -0.1) is 0 Å². The lowest BCUT2D eigenvalue weighted by Crippen LogP contribution is -2.37. The molecule has 4 rings (SSSR count). The molecule has 25 heavy (non-hydrogen) atoms. The fourth-order valence-corrected chi connectivity index (χ4v) is 3.93. The highest BCUT2D eigenvalue weighted by molar-refractivity contribution is 6.33. The number of benzene rings is 1. The van der Waals surface area contributed by atoms with E-state index in [1.807, 2.05) is 37.3 Å². The summed E-state index contributed by atoms with van der Waals surface area (Å²) < 4.78 is 1.70. The van der Waals surface area contributed by atoms with Crippen molar-refractivity contribution in [3.05, 3.63) is 52.3 Å². The predicted molar refractivity (Wildman–Crippen MR) is 98.0 cm³/mol. The van der Waals surface area contributed by atoms with Gasteiger partial charge < -0.3 is 5.32 Å². The molecule has 2 fully saturated rings. The van der Waals surface area contributed by atoms with Gasteiger partial charge in [-0.2, -0.15) is 5.10 Å². The molecule has 1 amide bonds. The zero-order valence-corrected chi connectivity index (χ0v) is 15.2. The molecule has 5 nitrogen and oxygen atoms in total. The van der Waals surface area contributed by atoms with Gasteiger partial charge in [-0.1, -0.05) is 41.9 Å². The number of nitrogens with one attached hydrogen (secondary N) is 1. The van der Waals surface area contributed by atoms with Crippen molar-refractivity contribution < 1.29 is 4.79 Å². The van der Waals surface area contributed by atoms with Gasteiger partial charge in [-0.25, -0.2) is 4.68 Å². The minimum atomic E-state index is -0.107. The summed E-state index contributed by atoms with van der Waals surface area (Å²) in [5, 5.41) is 8.03. The monoisotopic (exact) mass is 358 g/mol. The van der Waals surface area contributed by atoms with Crippen molar-refractivity contribution in [2.45, 2.75) is 44.8 Å². The van der Waals surface area contributed by atoms with Crippen LogP contribution in [0.2, 0.25) is 5.15 Å². The third-order valence-corrected chi connectivity index (χ3v) is 5.47. The van der Waals surface area contributed by atoms with Crippen molar-refractivity contribution in [2.24, 2.45) is 0 Å². The standard InChI is InChI=1S/C19H23ClN4O/c1-13-17(18(20)24(22-13)11-14-5-3-2-4-6-14)19(25)21-15-9-10-23(12-15)16-7-8-16/h2-6,15-16H,7-12H2,1H3,(H,21,25). The van der Waals surface area contributed by atoms with E-state index in [0.29, 0.717) is 23.0 Å². The van der Waals surface area contributed by atoms with Crippen LogP contribution in [0.1, 0.15) is 40.9 Å². The molecule has 6 heteroatoms. The number of aryl methyl sites for hydroxylation is 1. The Kier molecular flexibility index (Phi) is 4.52. The van der Waals surface area contributed by atoms with Gasteiger partial charge in [0.15, 0.2) is 0 Å². The second-order valence-corrected chi connectivity index (χ2v) is 7.44. The van der Waals surface area contributed by atoms with Crippen molar-refractivity contribution in [1.29, 1.82) is 0 Å². The lowest BCUT2D eigenvalue weighted by atomic mass is 10.2. The van der Waals surface area contributed by atoms with E-state index in [4.69, 9.17) is 11.6 Å². The van der Waals surface area contributed by atoms with E-state index in [1.165, 1.54) is 12.8 Å². The van der Waals surface area contributed by atoms with Gasteiger partial charge in [0.25, 0.3) is 5.91 Å². The Labute approximate surface area is 153 Å². The van der Waals surface area contributed by atoms with Crippen LogP contribution in [0.4, 0.5) is 0 Å². The van der Waals surface area contributed by atoms with E-state index in [9.17, 15) is 4.79 Å². The third-order valence-electron chi connectivity index (χ3n) is 5.09. The number of rotatable bonds is 5. The van der Waals surface area contributed by atoms with Crippen LogP contribution >= 0.6 is 11.6 Å². The number of likely N-dealkylation sites (tertiary alicyclic amines) is 1. The molecule has 0 spiro atoms. The summed E-state index contributed by atoms with van der Waals surface area (Å²) in [7, 11) is 0. The Balaban J connectivity index is 1.45. The number of halogens is 1. The number of hydrogen-bond acceptors (Lipinski definition) is 3. The summed E-state index contributed by atoms with van der Waals surface area (Å²) in [4.78, 5) is 15.2. The number of carbonyl (C=O) groups excluding carboxylic acids is 1. The zero-order valence-electron chi connectivity index (χ0n) is 14.4. The highest BCUT2D eigenvalue weighted by atomic mass is 35.5. The van der Waals surface area contributed by atoms with E-state index in [2.05, 4.69) is 15.3 Å². The molecule has 0 bridgehead atoms. The van der Waals surface area contributed by atoms with Gasteiger partial charge in [0.05, 0.1) is 17.8 Å². The molecule has 2 aromatic rings. The molecule has 2 aliphatic rings. The number of amides is 1. The summed E-state index contributed by atoms with van der Waals surface area (Å²) >= 11 is 6.48. The van der Waals surface area contributed by atoms with Crippen molar-refractivity contribution in [2.75, 3.05) is 13.1 Å². The Hall–Kier alpha value is -1.85. The number of aromatic nitrogens is 2. The Morgan fingerprint density at radius 1 is 1.28 bits per heavy atom. The van der Waals surface area contributed by atoms with Crippen LogP contribution in [0, 0.1) is 6.92 Å². The fourth-order valence-electron chi connectivity index (χ4n) is 3.61. The Morgan fingerprint density at radius 2 is 2.04 bits per heavy atom. The quantitative estimate of drug-likeness (QED) is 0.894. The topological polar surface area (TPSA) is 50.2 Å². The molecule has 0 radical (unpaired) electrons. The second kappa shape index (κ2) is 6.81. The maximum atomic E-state index is 12.7. The highest BCUT2D eigenvalue weighted by Gasteiger charge is 2.35.